The van der Waals surface area contributed by atoms with Gasteiger partial charge in [-0.1, -0.05) is 60.7 Å². The van der Waals surface area contributed by atoms with Crippen molar-refractivity contribution in [1.29, 1.82) is 0 Å². The van der Waals surface area contributed by atoms with Crippen molar-refractivity contribution in [3.05, 3.63) is 83.4 Å². The first kappa shape index (κ1) is 15.6. The highest BCUT2D eigenvalue weighted by molar-refractivity contribution is 6.28. The molecule has 0 radical (unpaired) electrons. The number of benzene rings is 2. The highest BCUT2D eigenvalue weighted by atomic mass is 35.5. The van der Waals surface area contributed by atoms with Gasteiger partial charge in [0.15, 0.2) is 17.0 Å². The molecule has 0 amide bonds. The van der Waals surface area contributed by atoms with E-state index in [2.05, 4.69) is 44.5 Å². The van der Waals surface area contributed by atoms with Crippen LogP contribution in [-0.2, 0) is 13.1 Å². The molecule has 0 aliphatic carbocycles. The number of aromatic nitrogens is 4. The highest BCUT2D eigenvalue weighted by Crippen LogP contribution is 2.22. The van der Waals surface area contributed by atoms with Crippen molar-refractivity contribution >= 4 is 28.6 Å². The molecule has 4 aromatic rings. The normalized spacial score (nSPS) is 10.9. The van der Waals surface area contributed by atoms with E-state index in [-0.39, 0.29) is 5.28 Å². The molecule has 0 unspecified atom stereocenters. The summed E-state index contributed by atoms with van der Waals surface area (Å²) in [6, 6.07) is 20.3. The maximum absolute atomic E-state index is 6.13. The van der Waals surface area contributed by atoms with Crippen molar-refractivity contribution in [2.45, 2.75) is 13.1 Å². The molecule has 2 aromatic heterocycles. The average molecular weight is 350 g/mol. The Hall–Kier alpha value is -2.92. The minimum Gasteiger partial charge on any atom is -0.364 e. The van der Waals surface area contributed by atoms with Crippen LogP contribution in [0.25, 0.3) is 11.2 Å². The number of rotatable bonds is 5. The Morgan fingerprint density at radius 1 is 0.880 bits per heavy atom. The van der Waals surface area contributed by atoms with Crippen molar-refractivity contribution < 1.29 is 0 Å². The summed E-state index contributed by atoms with van der Waals surface area (Å²) in [4.78, 5) is 13.2. The van der Waals surface area contributed by atoms with Crippen LogP contribution >= 0.6 is 11.6 Å². The molecule has 0 spiro atoms. The van der Waals surface area contributed by atoms with E-state index in [9.17, 15) is 0 Å². The fourth-order valence-corrected chi connectivity index (χ4v) is 2.88. The molecule has 0 saturated carbocycles. The lowest BCUT2D eigenvalue weighted by Gasteiger charge is -2.08. The van der Waals surface area contributed by atoms with Crippen LogP contribution in [0.1, 0.15) is 11.1 Å². The van der Waals surface area contributed by atoms with Gasteiger partial charge >= 0.3 is 0 Å². The van der Waals surface area contributed by atoms with E-state index in [1.807, 2.05) is 41.0 Å². The number of anilines is 1. The molecule has 0 bridgehead atoms. The second-order valence-corrected chi connectivity index (χ2v) is 6.05. The predicted octanol–water partition coefficient (Wildman–Crippen LogP) is 4.14. The molecule has 4 rings (SSSR count). The van der Waals surface area contributed by atoms with Gasteiger partial charge in [-0.25, -0.2) is 4.98 Å². The van der Waals surface area contributed by atoms with E-state index in [0.717, 1.165) is 16.7 Å². The summed E-state index contributed by atoms with van der Waals surface area (Å²) in [5, 5.41) is 3.52. The first-order valence-corrected chi connectivity index (χ1v) is 8.37. The lowest BCUT2D eigenvalue weighted by atomic mass is 10.2. The van der Waals surface area contributed by atoms with Gasteiger partial charge in [0.05, 0.1) is 12.9 Å². The third-order valence-corrected chi connectivity index (χ3v) is 4.10. The fourth-order valence-electron chi connectivity index (χ4n) is 2.72. The number of fused-ring (bicyclic) bond motifs is 1. The van der Waals surface area contributed by atoms with Crippen molar-refractivity contribution in [2.75, 3.05) is 5.32 Å². The van der Waals surface area contributed by atoms with E-state index < -0.39 is 0 Å². The lowest BCUT2D eigenvalue weighted by molar-refractivity contribution is 0.813. The zero-order valence-electron chi connectivity index (χ0n) is 13.4. The first-order chi connectivity index (χ1) is 12.3. The molecule has 0 saturated heterocycles. The van der Waals surface area contributed by atoms with E-state index in [1.165, 1.54) is 5.56 Å². The minimum atomic E-state index is 0.206. The maximum atomic E-state index is 6.13. The van der Waals surface area contributed by atoms with Crippen molar-refractivity contribution in [1.82, 2.24) is 19.5 Å². The molecular formula is C19H16ClN5. The maximum Gasteiger partial charge on any atom is 0.226 e. The molecule has 0 aliphatic rings. The summed E-state index contributed by atoms with van der Waals surface area (Å²) in [5.41, 5.74) is 3.78. The zero-order chi connectivity index (χ0) is 17.1. The summed E-state index contributed by atoms with van der Waals surface area (Å²) in [6.45, 7) is 1.33. The van der Waals surface area contributed by atoms with Gasteiger partial charge in [0, 0.05) is 6.54 Å². The van der Waals surface area contributed by atoms with Gasteiger partial charge in [-0.05, 0) is 22.7 Å². The van der Waals surface area contributed by atoms with Gasteiger partial charge in [0.2, 0.25) is 5.28 Å². The van der Waals surface area contributed by atoms with Crippen molar-refractivity contribution in [3.8, 4) is 0 Å². The van der Waals surface area contributed by atoms with Gasteiger partial charge in [-0.15, -0.1) is 0 Å². The van der Waals surface area contributed by atoms with Crippen LogP contribution < -0.4 is 5.32 Å². The van der Waals surface area contributed by atoms with E-state index in [1.54, 1.807) is 6.33 Å². The quantitative estimate of drug-likeness (QED) is 0.550. The summed E-state index contributed by atoms with van der Waals surface area (Å²) >= 11 is 6.13. The molecule has 0 aliphatic heterocycles. The van der Waals surface area contributed by atoms with Crippen LogP contribution in [0, 0.1) is 0 Å². The molecule has 2 heterocycles. The number of hydrogen-bond acceptors (Lipinski definition) is 4. The molecule has 6 heteroatoms. The van der Waals surface area contributed by atoms with E-state index >= 15 is 0 Å². The van der Waals surface area contributed by atoms with Gasteiger partial charge < -0.3 is 9.88 Å². The van der Waals surface area contributed by atoms with Gasteiger partial charge in [-0.3, -0.25) is 0 Å². The van der Waals surface area contributed by atoms with Crippen LogP contribution in [-0.4, -0.2) is 19.5 Å². The number of halogens is 1. The van der Waals surface area contributed by atoms with Crippen LogP contribution in [0.15, 0.2) is 67.0 Å². The third kappa shape index (κ3) is 3.46. The monoisotopic (exact) mass is 349 g/mol. The Labute approximate surface area is 150 Å². The first-order valence-electron chi connectivity index (χ1n) is 8.00. The third-order valence-electron chi connectivity index (χ3n) is 3.94. The fraction of sp³-hybridized carbons (Fsp3) is 0.105. The molecule has 0 fully saturated rings. The van der Waals surface area contributed by atoms with E-state index in [0.29, 0.717) is 18.9 Å². The smallest absolute Gasteiger partial charge is 0.226 e. The van der Waals surface area contributed by atoms with Crippen LogP contribution in [0.4, 0.5) is 5.82 Å². The van der Waals surface area contributed by atoms with Gasteiger partial charge in [0.25, 0.3) is 0 Å². The standard InChI is InChI=1S/C19H16ClN5/c20-19-23-17(21-11-14-7-3-1-4-8-14)16-18(24-19)25(13-22-16)12-15-9-5-2-6-10-15/h1-10,13H,11-12H2,(H,21,23,24). The number of nitrogens with one attached hydrogen (secondary N) is 1. The van der Waals surface area contributed by atoms with Crippen LogP contribution in [0.5, 0.6) is 0 Å². The topological polar surface area (TPSA) is 55.6 Å². The molecular weight excluding hydrogens is 334 g/mol. The van der Waals surface area contributed by atoms with E-state index in [4.69, 9.17) is 11.6 Å². The van der Waals surface area contributed by atoms with Crippen molar-refractivity contribution in [3.63, 3.8) is 0 Å². The van der Waals surface area contributed by atoms with Gasteiger partial charge in [0.1, 0.15) is 0 Å². The number of nitrogens with zero attached hydrogens (tertiary/aromatic N) is 4. The molecule has 5 nitrogen and oxygen atoms in total. The highest BCUT2D eigenvalue weighted by Gasteiger charge is 2.12. The molecule has 2 aromatic carbocycles. The Balaban J connectivity index is 1.64. The zero-order valence-corrected chi connectivity index (χ0v) is 14.2. The largest absolute Gasteiger partial charge is 0.364 e. The summed E-state index contributed by atoms with van der Waals surface area (Å²) < 4.78 is 1.98. The minimum absolute atomic E-state index is 0.206. The Bertz CT molecular complexity index is 983. The number of imidazole rings is 1. The Morgan fingerprint density at radius 3 is 2.28 bits per heavy atom. The average Bonchev–Trinajstić information content (AvgIpc) is 3.04. The molecule has 124 valence electrons. The second kappa shape index (κ2) is 6.91. The lowest BCUT2D eigenvalue weighted by Crippen LogP contribution is -2.04. The summed E-state index contributed by atoms with van der Waals surface area (Å²) in [6.07, 6.45) is 1.77. The predicted molar refractivity (Wildman–Crippen MR) is 99.6 cm³/mol. The summed E-state index contributed by atoms with van der Waals surface area (Å²) in [7, 11) is 0. The number of hydrogen-bond donors (Lipinski definition) is 1. The Kier molecular flexibility index (Phi) is 4.31. The van der Waals surface area contributed by atoms with Crippen LogP contribution in [0.2, 0.25) is 5.28 Å². The molecule has 0 atom stereocenters. The SMILES string of the molecule is Clc1nc(NCc2ccccc2)c2ncn(Cc3ccccc3)c2n1. The summed E-state index contributed by atoms with van der Waals surface area (Å²) in [5.74, 6) is 0.644. The van der Waals surface area contributed by atoms with Gasteiger partial charge in [-0.2, -0.15) is 9.97 Å². The Morgan fingerprint density at radius 2 is 1.56 bits per heavy atom. The molecule has 25 heavy (non-hydrogen) atoms. The van der Waals surface area contributed by atoms with Crippen molar-refractivity contribution in [2.24, 2.45) is 0 Å². The van der Waals surface area contributed by atoms with Crippen LogP contribution in [0.3, 0.4) is 0 Å². The molecule has 1 N–H and O–H groups in total. The second-order valence-electron chi connectivity index (χ2n) is 5.71.